The monoisotopic (exact) mass is 340 g/mol. The molecule has 3 rings (SSSR count). The van der Waals surface area contributed by atoms with Crippen molar-refractivity contribution in [3.05, 3.63) is 59.2 Å². The maximum atomic E-state index is 5.53. The summed E-state index contributed by atoms with van der Waals surface area (Å²) in [5, 5.41) is 3.69. The van der Waals surface area contributed by atoms with Crippen LogP contribution in [0.2, 0.25) is 0 Å². The molecule has 1 aliphatic heterocycles. The van der Waals surface area contributed by atoms with Gasteiger partial charge in [0.05, 0.1) is 13.2 Å². The van der Waals surface area contributed by atoms with Crippen LogP contribution < -0.4 is 5.32 Å². The van der Waals surface area contributed by atoms with Crippen LogP contribution in [0.3, 0.4) is 0 Å². The smallest absolute Gasteiger partial charge is 0.125 e. The Hall–Kier alpha value is -1.82. The van der Waals surface area contributed by atoms with Gasteiger partial charge in [-0.15, -0.1) is 0 Å². The van der Waals surface area contributed by atoms with E-state index in [4.69, 9.17) is 4.74 Å². The molecular formula is C20H28N4O. The molecule has 1 aliphatic rings. The van der Waals surface area contributed by atoms with Crippen molar-refractivity contribution < 1.29 is 4.74 Å². The zero-order chi connectivity index (χ0) is 17.6. The largest absolute Gasteiger partial charge is 0.379 e. The number of rotatable bonds is 6. The van der Waals surface area contributed by atoms with Crippen molar-refractivity contribution in [2.24, 2.45) is 0 Å². The minimum absolute atomic E-state index is 0.216. The highest BCUT2D eigenvalue weighted by Gasteiger charge is 2.23. The van der Waals surface area contributed by atoms with Gasteiger partial charge in [0.1, 0.15) is 5.82 Å². The Morgan fingerprint density at radius 1 is 1.16 bits per heavy atom. The summed E-state index contributed by atoms with van der Waals surface area (Å²) in [6.07, 6.45) is 1.95. The Balaban J connectivity index is 1.71. The normalized spacial score (nSPS) is 18.0. The molecule has 1 aromatic carbocycles. The second-order valence-electron chi connectivity index (χ2n) is 6.66. The van der Waals surface area contributed by atoms with Crippen LogP contribution >= 0.6 is 0 Å². The van der Waals surface area contributed by atoms with Crippen molar-refractivity contribution in [3.63, 3.8) is 0 Å². The molecule has 134 valence electrons. The molecular weight excluding hydrogens is 312 g/mol. The lowest BCUT2D eigenvalue weighted by molar-refractivity contribution is 0.0157. The maximum Gasteiger partial charge on any atom is 0.125 e. The lowest BCUT2D eigenvalue weighted by Gasteiger charge is -2.35. The average molecular weight is 340 g/mol. The first-order valence-electron chi connectivity index (χ1n) is 9.05. The van der Waals surface area contributed by atoms with Crippen molar-refractivity contribution in [1.82, 2.24) is 20.2 Å². The molecule has 25 heavy (non-hydrogen) atoms. The van der Waals surface area contributed by atoms with Crippen molar-refractivity contribution >= 4 is 0 Å². The van der Waals surface area contributed by atoms with Gasteiger partial charge in [0.2, 0.25) is 0 Å². The third-order valence-electron chi connectivity index (χ3n) is 4.89. The second-order valence-corrected chi connectivity index (χ2v) is 6.66. The molecule has 2 atom stereocenters. The summed E-state index contributed by atoms with van der Waals surface area (Å²) in [5.41, 5.74) is 3.57. The van der Waals surface area contributed by atoms with Crippen molar-refractivity contribution in [3.8, 4) is 0 Å². The number of morpholine rings is 1. The highest BCUT2D eigenvalue weighted by atomic mass is 16.5. The van der Waals surface area contributed by atoms with Crippen LogP contribution in [0.1, 0.15) is 41.7 Å². The summed E-state index contributed by atoms with van der Waals surface area (Å²) >= 11 is 0. The Labute approximate surface area is 150 Å². The molecule has 0 bridgehead atoms. The molecule has 1 N–H and O–H groups in total. The van der Waals surface area contributed by atoms with E-state index in [2.05, 4.69) is 64.4 Å². The first-order chi connectivity index (χ1) is 12.1. The van der Waals surface area contributed by atoms with E-state index in [0.29, 0.717) is 6.04 Å². The average Bonchev–Trinajstić information content (AvgIpc) is 2.63. The fourth-order valence-corrected chi connectivity index (χ4v) is 3.44. The number of aryl methyl sites for hydroxylation is 2. The molecule has 2 aromatic rings. The fraction of sp³-hybridized carbons (Fsp3) is 0.500. The van der Waals surface area contributed by atoms with Crippen molar-refractivity contribution in [2.45, 2.75) is 32.9 Å². The summed E-state index contributed by atoms with van der Waals surface area (Å²) in [5.74, 6) is 0.823. The first-order valence-corrected chi connectivity index (χ1v) is 9.05. The molecule has 0 amide bonds. The van der Waals surface area contributed by atoms with E-state index in [1.54, 1.807) is 0 Å². The number of benzene rings is 1. The van der Waals surface area contributed by atoms with Crippen LogP contribution in [0.5, 0.6) is 0 Å². The number of ether oxygens (including phenoxy) is 1. The van der Waals surface area contributed by atoms with E-state index in [1.165, 1.54) is 11.1 Å². The molecule has 5 heteroatoms. The van der Waals surface area contributed by atoms with E-state index < -0.39 is 0 Å². The number of hydrogen-bond donors (Lipinski definition) is 1. The molecule has 5 nitrogen and oxygen atoms in total. The third kappa shape index (κ3) is 4.63. The van der Waals surface area contributed by atoms with Crippen molar-refractivity contribution in [2.75, 3.05) is 32.8 Å². The summed E-state index contributed by atoms with van der Waals surface area (Å²) in [6, 6.07) is 11.3. The van der Waals surface area contributed by atoms with E-state index in [1.807, 2.05) is 13.1 Å². The standard InChI is InChI=1S/C20H28N4O/c1-15(19-13-22-17(3)23-16(19)2)21-14-20(18-7-5-4-6-8-18)24-9-11-25-12-10-24/h4-8,13,15,20-21H,9-12,14H2,1-3H3/t15-,20+/m1/s1. The summed E-state index contributed by atoms with van der Waals surface area (Å²) in [4.78, 5) is 11.4. The lowest BCUT2D eigenvalue weighted by atomic mass is 10.0. The SMILES string of the molecule is Cc1ncc([C@@H](C)NC[C@@H](c2ccccc2)N2CCOCC2)c(C)n1. The Kier molecular flexibility index (Phi) is 6.13. The summed E-state index contributed by atoms with van der Waals surface area (Å²) < 4.78 is 5.53. The van der Waals surface area contributed by atoms with Gasteiger partial charge in [0, 0.05) is 49.2 Å². The Morgan fingerprint density at radius 2 is 1.88 bits per heavy atom. The lowest BCUT2D eigenvalue weighted by Crippen LogP contribution is -2.43. The summed E-state index contributed by atoms with van der Waals surface area (Å²) in [7, 11) is 0. The van der Waals surface area contributed by atoms with Gasteiger partial charge < -0.3 is 10.1 Å². The van der Waals surface area contributed by atoms with Gasteiger partial charge in [0.15, 0.2) is 0 Å². The number of aromatic nitrogens is 2. The van der Waals surface area contributed by atoms with E-state index >= 15 is 0 Å². The van der Waals surface area contributed by atoms with Crippen LogP contribution in [0.15, 0.2) is 36.5 Å². The fourth-order valence-electron chi connectivity index (χ4n) is 3.44. The predicted molar refractivity (Wildman–Crippen MR) is 99.5 cm³/mol. The highest BCUT2D eigenvalue weighted by molar-refractivity contribution is 5.22. The first kappa shape index (κ1) is 18.0. The van der Waals surface area contributed by atoms with Gasteiger partial charge in [-0.25, -0.2) is 9.97 Å². The van der Waals surface area contributed by atoms with Crippen LogP contribution in [0.4, 0.5) is 0 Å². The predicted octanol–water partition coefficient (Wildman–Crippen LogP) is 2.82. The zero-order valence-electron chi connectivity index (χ0n) is 15.4. The topological polar surface area (TPSA) is 50.3 Å². The minimum Gasteiger partial charge on any atom is -0.379 e. The molecule has 0 aliphatic carbocycles. The molecule has 1 aromatic heterocycles. The number of hydrogen-bond acceptors (Lipinski definition) is 5. The number of nitrogens with zero attached hydrogens (tertiary/aromatic N) is 3. The van der Waals surface area contributed by atoms with Crippen LogP contribution in [-0.4, -0.2) is 47.7 Å². The Bertz CT molecular complexity index is 671. The van der Waals surface area contributed by atoms with E-state index in [9.17, 15) is 0 Å². The van der Waals surface area contributed by atoms with Crippen LogP contribution in [0, 0.1) is 13.8 Å². The highest BCUT2D eigenvalue weighted by Crippen LogP contribution is 2.23. The van der Waals surface area contributed by atoms with Crippen LogP contribution in [-0.2, 0) is 4.74 Å². The van der Waals surface area contributed by atoms with Gasteiger partial charge in [-0.05, 0) is 26.3 Å². The zero-order valence-corrected chi connectivity index (χ0v) is 15.4. The number of nitrogens with one attached hydrogen (secondary N) is 1. The molecule has 2 heterocycles. The van der Waals surface area contributed by atoms with Gasteiger partial charge in [-0.2, -0.15) is 0 Å². The van der Waals surface area contributed by atoms with E-state index in [0.717, 1.165) is 44.4 Å². The third-order valence-corrected chi connectivity index (χ3v) is 4.89. The van der Waals surface area contributed by atoms with Gasteiger partial charge in [0.25, 0.3) is 0 Å². The van der Waals surface area contributed by atoms with Crippen molar-refractivity contribution in [1.29, 1.82) is 0 Å². The van der Waals surface area contributed by atoms with E-state index in [-0.39, 0.29) is 6.04 Å². The molecule has 1 fully saturated rings. The molecule has 0 unspecified atom stereocenters. The minimum atomic E-state index is 0.216. The quantitative estimate of drug-likeness (QED) is 0.876. The maximum absolute atomic E-state index is 5.53. The second kappa shape index (κ2) is 8.52. The van der Waals surface area contributed by atoms with Gasteiger partial charge in [-0.3, -0.25) is 4.90 Å². The van der Waals surface area contributed by atoms with Gasteiger partial charge in [-0.1, -0.05) is 30.3 Å². The molecule has 0 spiro atoms. The molecule has 0 radical (unpaired) electrons. The molecule has 0 saturated carbocycles. The summed E-state index contributed by atoms with van der Waals surface area (Å²) in [6.45, 7) is 10.6. The van der Waals surface area contributed by atoms with Crippen LogP contribution in [0.25, 0.3) is 0 Å². The Morgan fingerprint density at radius 3 is 2.56 bits per heavy atom. The van der Waals surface area contributed by atoms with Gasteiger partial charge >= 0.3 is 0 Å². The molecule has 1 saturated heterocycles.